The van der Waals surface area contributed by atoms with Gasteiger partial charge in [0.1, 0.15) is 17.3 Å². The highest BCUT2D eigenvalue weighted by molar-refractivity contribution is 5.92. The number of para-hydroxylation sites is 1. The summed E-state index contributed by atoms with van der Waals surface area (Å²) >= 11 is 0. The molecule has 3 rings (SSSR count). The summed E-state index contributed by atoms with van der Waals surface area (Å²) in [5.41, 5.74) is 0.715. The lowest BCUT2D eigenvalue weighted by Crippen LogP contribution is -2.33. The normalized spacial score (nSPS) is 10.3. The molecule has 0 radical (unpaired) electrons. The van der Waals surface area contributed by atoms with Crippen molar-refractivity contribution >= 4 is 17.5 Å². The maximum Gasteiger partial charge on any atom is 0.223 e. The second-order valence-electron chi connectivity index (χ2n) is 6.19. The number of benzene rings is 2. The SMILES string of the molecule is CC(=O)N(CCC(=O)NCc1ccco1)c1ccc(Oc2ccccc2)cc1. The number of hydrogen-bond acceptors (Lipinski definition) is 4. The molecule has 0 saturated heterocycles. The minimum absolute atomic E-state index is 0.129. The number of carbonyl (C=O) groups is 2. The van der Waals surface area contributed by atoms with Crippen molar-refractivity contribution in [3.63, 3.8) is 0 Å². The molecule has 0 spiro atoms. The van der Waals surface area contributed by atoms with Crippen molar-refractivity contribution in [1.29, 1.82) is 0 Å². The molecule has 144 valence electrons. The first-order valence-corrected chi connectivity index (χ1v) is 9.02. The van der Waals surface area contributed by atoms with Gasteiger partial charge in [0, 0.05) is 25.6 Å². The molecule has 28 heavy (non-hydrogen) atoms. The van der Waals surface area contributed by atoms with Gasteiger partial charge in [-0.15, -0.1) is 0 Å². The maximum atomic E-state index is 12.0. The highest BCUT2D eigenvalue weighted by Gasteiger charge is 2.14. The van der Waals surface area contributed by atoms with E-state index < -0.39 is 0 Å². The summed E-state index contributed by atoms with van der Waals surface area (Å²) in [5.74, 6) is 1.83. The summed E-state index contributed by atoms with van der Waals surface area (Å²) in [6, 6.07) is 20.2. The number of nitrogens with zero attached hydrogens (tertiary/aromatic N) is 1. The van der Waals surface area contributed by atoms with Crippen LogP contribution in [0.15, 0.2) is 77.4 Å². The number of nitrogens with one attached hydrogen (secondary N) is 1. The molecule has 1 N–H and O–H groups in total. The van der Waals surface area contributed by atoms with Gasteiger partial charge in [-0.2, -0.15) is 0 Å². The van der Waals surface area contributed by atoms with Gasteiger partial charge in [-0.3, -0.25) is 9.59 Å². The van der Waals surface area contributed by atoms with Crippen molar-refractivity contribution in [3.8, 4) is 11.5 Å². The Labute approximate surface area is 163 Å². The van der Waals surface area contributed by atoms with Crippen LogP contribution in [0.2, 0.25) is 0 Å². The van der Waals surface area contributed by atoms with E-state index in [0.29, 0.717) is 23.7 Å². The van der Waals surface area contributed by atoms with Crippen molar-refractivity contribution in [3.05, 3.63) is 78.8 Å². The average molecular weight is 378 g/mol. The zero-order valence-corrected chi connectivity index (χ0v) is 15.6. The molecular formula is C22H22N2O4. The van der Waals surface area contributed by atoms with Gasteiger partial charge in [-0.1, -0.05) is 18.2 Å². The van der Waals surface area contributed by atoms with E-state index in [0.717, 1.165) is 5.75 Å². The Morgan fingerprint density at radius 2 is 1.68 bits per heavy atom. The molecule has 0 aliphatic rings. The zero-order chi connectivity index (χ0) is 19.8. The highest BCUT2D eigenvalue weighted by Crippen LogP contribution is 2.24. The Balaban J connectivity index is 1.55. The van der Waals surface area contributed by atoms with Crippen LogP contribution >= 0.6 is 0 Å². The minimum Gasteiger partial charge on any atom is -0.467 e. The maximum absolute atomic E-state index is 12.0. The first-order valence-electron chi connectivity index (χ1n) is 9.02. The van der Waals surface area contributed by atoms with Crippen LogP contribution in [0.1, 0.15) is 19.1 Å². The topological polar surface area (TPSA) is 71.8 Å². The molecule has 6 nitrogen and oxygen atoms in total. The number of hydrogen-bond donors (Lipinski definition) is 1. The van der Waals surface area contributed by atoms with Crippen LogP contribution in [0.4, 0.5) is 5.69 Å². The fourth-order valence-corrected chi connectivity index (χ4v) is 2.69. The van der Waals surface area contributed by atoms with E-state index in [9.17, 15) is 9.59 Å². The third-order valence-corrected chi connectivity index (χ3v) is 4.11. The summed E-state index contributed by atoms with van der Waals surface area (Å²) in [6.45, 7) is 2.10. The van der Waals surface area contributed by atoms with E-state index >= 15 is 0 Å². The molecule has 0 fully saturated rings. The van der Waals surface area contributed by atoms with Crippen molar-refractivity contribution in [2.75, 3.05) is 11.4 Å². The largest absolute Gasteiger partial charge is 0.467 e. The quantitative estimate of drug-likeness (QED) is 0.640. The number of carbonyl (C=O) groups excluding carboxylic acids is 2. The lowest BCUT2D eigenvalue weighted by atomic mass is 10.2. The smallest absolute Gasteiger partial charge is 0.223 e. The molecule has 6 heteroatoms. The van der Waals surface area contributed by atoms with E-state index in [2.05, 4.69) is 5.32 Å². The van der Waals surface area contributed by atoms with Crippen LogP contribution in [-0.2, 0) is 16.1 Å². The van der Waals surface area contributed by atoms with E-state index in [1.807, 2.05) is 30.3 Å². The summed E-state index contributed by atoms with van der Waals surface area (Å²) in [4.78, 5) is 25.6. The summed E-state index contributed by atoms with van der Waals surface area (Å²) in [5, 5.41) is 2.78. The standard InChI is InChI=1S/C22H22N2O4/c1-17(25)24(14-13-22(26)23-16-21-8-5-15-27-21)18-9-11-20(12-10-18)28-19-6-3-2-4-7-19/h2-12,15H,13-14,16H2,1H3,(H,23,26). The Hall–Kier alpha value is -3.54. The molecule has 0 saturated carbocycles. The first-order chi connectivity index (χ1) is 13.6. The van der Waals surface area contributed by atoms with Crippen LogP contribution < -0.4 is 15.0 Å². The van der Waals surface area contributed by atoms with E-state index in [1.165, 1.54) is 6.92 Å². The lowest BCUT2D eigenvalue weighted by molar-refractivity contribution is -0.121. The van der Waals surface area contributed by atoms with Crippen molar-refractivity contribution in [2.24, 2.45) is 0 Å². The lowest BCUT2D eigenvalue weighted by Gasteiger charge is -2.21. The van der Waals surface area contributed by atoms with E-state index in [-0.39, 0.29) is 24.8 Å². The molecule has 2 amide bonds. The average Bonchev–Trinajstić information content (AvgIpc) is 3.22. The number of ether oxygens (including phenoxy) is 1. The molecule has 1 aromatic heterocycles. The zero-order valence-electron chi connectivity index (χ0n) is 15.6. The van der Waals surface area contributed by atoms with Gasteiger partial charge in [-0.05, 0) is 48.5 Å². The third kappa shape index (κ3) is 5.48. The molecule has 0 unspecified atom stereocenters. The van der Waals surface area contributed by atoms with Crippen molar-refractivity contribution in [1.82, 2.24) is 5.32 Å². The van der Waals surface area contributed by atoms with Gasteiger partial charge in [0.25, 0.3) is 0 Å². The van der Waals surface area contributed by atoms with Crippen LogP contribution in [0.3, 0.4) is 0 Å². The van der Waals surface area contributed by atoms with Crippen LogP contribution in [0.5, 0.6) is 11.5 Å². The number of furan rings is 1. The van der Waals surface area contributed by atoms with Crippen LogP contribution in [-0.4, -0.2) is 18.4 Å². The van der Waals surface area contributed by atoms with Gasteiger partial charge < -0.3 is 19.4 Å². The van der Waals surface area contributed by atoms with Crippen molar-refractivity contribution < 1.29 is 18.7 Å². The Morgan fingerprint density at radius 3 is 2.32 bits per heavy atom. The second kappa shape index (κ2) is 9.41. The fourth-order valence-electron chi connectivity index (χ4n) is 2.69. The molecule has 1 heterocycles. The number of anilines is 1. The monoisotopic (exact) mass is 378 g/mol. The molecule has 3 aromatic rings. The fraction of sp³-hybridized carbons (Fsp3) is 0.182. The van der Waals surface area contributed by atoms with Crippen LogP contribution in [0.25, 0.3) is 0 Å². The highest BCUT2D eigenvalue weighted by atomic mass is 16.5. The summed E-state index contributed by atoms with van der Waals surface area (Å²) in [7, 11) is 0. The van der Waals surface area contributed by atoms with Gasteiger partial charge in [-0.25, -0.2) is 0 Å². The first kappa shape index (κ1) is 19.2. The molecule has 0 aliphatic heterocycles. The Morgan fingerprint density at radius 1 is 0.964 bits per heavy atom. The number of amides is 2. The van der Waals surface area contributed by atoms with Gasteiger partial charge in [0.15, 0.2) is 0 Å². The summed E-state index contributed by atoms with van der Waals surface area (Å²) in [6.07, 6.45) is 1.76. The Kier molecular flexibility index (Phi) is 6.46. The van der Waals surface area contributed by atoms with Gasteiger partial charge >= 0.3 is 0 Å². The molecule has 0 atom stereocenters. The van der Waals surface area contributed by atoms with E-state index in [4.69, 9.17) is 9.15 Å². The van der Waals surface area contributed by atoms with Gasteiger partial charge in [0.05, 0.1) is 12.8 Å². The summed E-state index contributed by atoms with van der Waals surface area (Å²) < 4.78 is 10.9. The molecular weight excluding hydrogens is 356 g/mol. The predicted molar refractivity (Wildman–Crippen MR) is 106 cm³/mol. The number of rotatable bonds is 8. The Bertz CT molecular complexity index is 890. The van der Waals surface area contributed by atoms with Crippen molar-refractivity contribution in [2.45, 2.75) is 19.9 Å². The predicted octanol–water partition coefficient (Wildman–Crippen LogP) is 4.13. The van der Waals surface area contributed by atoms with Crippen LogP contribution in [0, 0.1) is 0 Å². The second-order valence-corrected chi connectivity index (χ2v) is 6.19. The molecule has 0 aliphatic carbocycles. The minimum atomic E-state index is -0.147. The molecule has 2 aromatic carbocycles. The van der Waals surface area contributed by atoms with E-state index in [1.54, 1.807) is 47.6 Å². The van der Waals surface area contributed by atoms with Gasteiger partial charge in [0.2, 0.25) is 11.8 Å². The molecule has 0 bridgehead atoms. The third-order valence-electron chi connectivity index (χ3n) is 4.11.